The Bertz CT molecular complexity index is 1020. The van der Waals surface area contributed by atoms with Gasteiger partial charge < -0.3 is 10.6 Å². The topological polar surface area (TPSA) is 88.4 Å². The van der Waals surface area contributed by atoms with Gasteiger partial charge in [-0.15, -0.1) is 0 Å². The molecule has 0 bridgehead atoms. The Balaban J connectivity index is 1.54. The van der Waals surface area contributed by atoms with Crippen molar-refractivity contribution in [3.05, 3.63) is 57.0 Å². The van der Waals surface area contributed by atoms with E-state index in [1.165, 1.54) is 21.9 Å². The van der Waals surface area contributed by atoms with Crippen LogP contribution in [0.25, 0.3) is 4.96 Å². The van der Waals surface area contributed by atoms with Crippen LogP contribution in [0.15, 0.2) is 35.1 Å². The van der Waals surface area contributed by atoms with E-state index >= 15 is 0 Å². The lowest BCUT2D eigenvalue weighted by Crippen LogP contribution is -2.26. The van der Waals surface area contributed by atoms with Crippen LogP contribution in [-0.2, 0) is 13.0 Å². The molecule has 0 saturated heterocycles. The molecule has 2 heterocycles. The van der Waals surface area contributed by atoms with Gasteiger partial charge in [-0.1, -0.05) is 30.4 Å². The molecule has 8 heteroatoms. The first-order chi connectivity index (χ1) is 12.6. The van der Waals surface area contributed by atoms with Gasteiger partial charge in [-0.3, -0.25) is 9.59 Å². The summed E-state index contributed by atoms with van der Waals surface area (Å²) in [5.41, 5.74) is 1.76. The SMILES string of the molecule is CCc1nn2c(=O)cc(CNc3ccccc3C(=O)NC3CC3)nc2s1. The van der Waals surface area contributed by atoms with E-state index in [1.807, 2.05) is 25.1 Å². The summed E-state index contributed by atoms with van der Waals surface area (Å²) in [5, 5.41) is 11.4. The molecule has 1 aliphatic rings. The van der Waals surface area contributed by atoms with Gasteiger partial charge in [-0.05, 0) is 31.4 Å². The number of hydrogen-bond acceptors (Lipinski definition) is 6. The predicted octanol–water partition coefficient (Wildman–Crippen LogP) is 2.22. The lowest BCUT2D eigenvalue weighted by molar-refractivity contribution is 0.0952. The minimum atomic E-state index is -0.192. The molecule has 1 amide bonds. The van der Waals surface area contributed by atoms with Crippen LogP contribution < -0.4 is 16.2 Å². The standard InChI is InChI=1S/C18H19N5O2S/c1-2-15-22-23-16(24)9-12(21-18(23)26-15)10-19-14-6-4-3-5-13(14)17(25)20-11-7-8-11/h3-6,9,11,19H,2,7-8,10H2,1H3,(H,20,25). The Labute approximate surface area is 154 Å². The van der Waals surface area contributed by atoms with Gasteiger partial charge in [-0.2, -0.15) is 9.61 Å². The third-order valence-electron chi connectivity index (χ3n) is 4.19. The minimum absolute atomic E-state index is 0.0749. The molecule has 26 heavy (non-hydrogen) atoms. The predicted molar refractivity (Wildman–Crippen MR) is 101 cm³/mol. The highest BCUT2D eigenvalue weighted by Crippen LogP contribution is 2.22. The highest BCUT2D eigenvalue weighted by atomic mass is 32.1. The number of fused-ring (bicyclic) bond motifs is 1. The van der Waals surface area contributed by atoms with Crippen LogP contribution in [-0.4, -0.2) is 26.5 Å². The maximum atomic E-state index is 12.4. The van der Waals surface area contributed by atoms with Crippen molar-refractivity contribution in [2.45, 2.75) is 38.8 Å². The van der Waals surface area contributed by atoms with Crippen LogP contribution in [0, 0.1) is 0 Å². The average Bonchev–Trinajstić information content (AvgIpc) is 3.35. The smallest absolute Gasteiger partial charge is 0.275 e. The van der Waals surface area contributed by atoms with Crippen molar-refractivity contribution in [1.29, 1.82) is 0 Å². The summed E-state index contributed by atoms with van der Waals surface area (Å²) in [6.07, 6.45) is 2.86. The van der Waals surface area contributed by atoms with Crippen LogP contribution in [0.1, 0.15) is 40.8 Å². The molecule has 0 unspecified atom stereocenters. The maximum Gasteiger partial charge on any atom is 0.275 e. The number of carbonyl (C=O) groups excluding carboxylic acids is 1. The Morgan fingerprint density at radius 1 is 1.35 bits per heavy atom. The Morgan fingerprint density at radius 2 is 2.15 bits per heavy atom. The molecular weight excluding hydrogens is 350 g/mol. The number of aromatic nitrogens is 3. The monoisotopic (exact) mass is 369 g/mol. The summed E-state index contributed by atoms with van der Waals surface area (Å²) >= 11 is 1.42. The number of hydrogen-bond donors (Lipinski definition) is 2. The van der Waals surface area contributed by atoms with E-state index in [9.17, 15) is 9.59 Å². The number of amides is 1. The molecular formula is C18H19N5O2S. The maximum absolute atomic E-state index is 12.4. The molecule has 2 N–H and O–H groups in total. The molecule has 1 aliphatic carbocycles. The zero-order valence-electron chi connectivity index (χ0n) is 14.4. The summed E-state index contributed by atoms with van der Waals surface area (Å²) in [7, 11) is 0. The molecule has 2 aromatic heterocycles. The number of benzene rings is 1. The second kappa shape index (κ2) is 6.87. The zero-order chi connectivity index (χ0) is 18.1. The van der Waals surface area contributed by atoms with Gasteiger partial charge in [0.25, 0.3) is 11.5 Å². The highest BCUT2D eigenvalue weighted by molar-refractivity contribution is 7.16. The van der Waals surface area contributed by atoms with E-state index in [1.54, 1.807) is 6.07 Å². The van der Waals surface area contributed by atoms with Crippen molar-refractivity contribution in [3.8, 4) is 0 Å². The van der Waals surface area contributed by atoms with Crippen molar-refractivity contribution in [2.75, 3.05) is 5.32 Å². The minimum Gasteiger partial charge on any atom is -0.379 e. The Hall–Kier alpha value is -2.74. The highest BCUT2D eigenvalue weighted by Gasteiger charge is 2.24. The second-order valence-electron chi connectivity index (χ2n) is 6.28. The fourth-order valence-corrected chi connectivity index (χ4v) is 3.50. The van der Waals surface area contributed by atoms with Crippen molar-refractivity contribution in [1.82, 2.24) is 19.9 Å². The lowest BCUT2D eigenvalue weighted by atomic mass is 10.1. The molecule has 0 radical (unpaired) electrons. The van der Waals surface area contributed by atoms with Gasteiger partial charge in [0.1, 0.15) is 5.01 Å². The number of para-hydroxylation sites is 1. The first-order valence-electron chi connectivity index (χ1n) is 8.66. The fraction of sp³-hybridized carbons (Fsp3) is 0.333. The van der Waals surface area contributed by atoms with Crippen molar-refractivity contribution in [3.63, 3.8) is 0 Å². The summed E-state index contributed by atoms with van der Waals surface area (Å²) in [5.74, 6) is -0.0749. The molecule has 3 aromatic rings. The van der Waals surface area contributed by atoms with Crippen LogP contribution in [0.4, 0.5) is 5.69 Å². The number of rotatable bonds is 6. The van der Waals surface area contributed by atoms with E-state index in [4.69, 9.17) is 0 Å². The third kappa shape index (κ3) is 3.45. The number of aryl methyl sites for hydroxylation is 1. The van der Waals surface area contributed by atoms with Crippen molar-refractivity contribution in [2.24, 2.45) is 0 Å². The number of anilines is 1. The summed E-state index contributed by atoms with van der Waals surface area (Å²) < 4.78 is 1.34. The largest absolute Gasteiger partial charge is 0.379 e. The van der Waals surface area contributed by atoms with E-state index < -0.39 is 0 Å². The van der Waals surface area contributed by atoms with Gasteiger partial charge in [0.05, 0.1) is 17.8 Å². The summed E-state index contributed by atoms with van der Waals surface area (Å²) in [6.45, 7) is 2.35. The lowest BCUT2D eigenvalue weighted by Gasteiger charge is -2.11. The fourth-order valence-electron chi connectivity index (χ4n) is 2.64. The van der Waals surface area contributed by atoms with Gasteiger partial charge >= 0.3 is 0 Å². The molecule has 0 atom stereocenters. The van der Waals surface area contributed by atoms with E-state index in [0.717, 1.165) is 30.0 Å². The van der Waals surface area contributed by atoms with Crippen molar-refractivity contribution < 1.29 is 4.79 Å². The number of carbonyl (C=O) groups is 1. The van der Waals surface area contributed by atoms with Crippen molar-refractivity contribution >= 4 is 27.9 Å². The zero-order valence-corrected chi connectivity index (χ0v) is 15.2. The Kier molecular flexibility index (Phi) is 4.42. The van der Waals surface area contributed by atoms with Crippen LogP contribution in [0.5, 0.6) is 0 Å². The molecule has 7 nitrogen and oxygen atoms in total. The first kappa shape index (κ1) is 16.7. The average molecular weight is 369 g/mol. The van der Waals surface area contributed by atoms with Crippen LogP contribution >= 0.6 is 11.3 Å². The van der Waals surface area contributed by atoms with E-state index in [0.29, 0.717) is 28.8 Å². The van der Waals surface area contributed by atoms with Crippen LogP contribution in [0.3, 0.4) is 0 Å². The third-order valence-corrected chi connectivity index (χ3v) is 5.24. The second-order valence-corrected chi connectivity index (χ2v) is 7.32. The normalized spacial score (nSPS) is 13.7. The molecule has 0 spiro atoms. The Morgan fingerprint density at radius 3 is 2.92 bits per heavy atom. The van der Waals surface area contributed by atoms with E-state index in [2.05, 4.69) is 20.7 Å². The summed E-state index contributed by atoms with van der Waals surface area (Å²) in [4.78, 5) is 29.7. The van der Waals surface area contributed by atoms with Gasteiger partial charge in [0.15, 0.2) is 0 Å². The quantitative estimate of drug-likeness (QED) is 0.696. The molecule has 1 saturated carbocycles. The van der Waals surface area contributed by atoms with Gasteiger partial charge in [-0.25, -0.2) is 4.98 Å². The first-order valence-corrected chi connectivity index (χ1v) is 9.48. The number of nitrogens with one attached hydrogen (secondary N) is 2. The molecule has 134 valence electrons. The van der Waals surface area contributed by atoms with E-state index in [-0.39, 0.29) is 11.5 Å². The van der Waals surface area contributed by atoms with Gasteiger partial charge in [0, 0.05) is 17.8 Å². The molecule has 1 fully saturated rings. The molecule has 0 aliphatic heterocycles. The van der Waals surface area contributed by atoms with Crippen LogP contribution in [0.2, 0.25) is 0 Å². The summed E-state index contributed by atoms with van der Waals surface area (Å²) in [6, 6.07) is 9.15. The number of nitrogens with zero attached hydrogens (tertiary/aromatic N) is 3. The van der Waals surface area contributed by atoms with Gasteiger partial charge in [0.2, 0.25) is 4.96 Å². The molecule has 4 rings (SSSR count). The molecule has 1 aromatic carbocycles.